The second kappa shape index (κ2) is 7.37. The summed E-state index contributed by atoms with van der Waals surface area (Å²) in [6, 6.07) is 11.7. The normalized spacial score (nSPS) is 11.5. The Bertz CT molecular complexity index is 892. The summed E-state index contributed by atoms with van der Waals surface area (Å²) in [5, 5.41) is 8.51. The predicted octanol–water partition coefficient (Wildman–Crippen LogP) is 3.63. The number of imidazole rings is 1. The molecule has 136 valence electrons. The van der Waals surface area contributed by atoms with E-state index in [9.17, 15) is 4.79 Å². The summed E-state index contributed by atoms with van der Waals surface area (Å²) in [5.41, 5.74) is 1.73. The predicted molar refractivity (Wildman–Crippen MR) is 105 cm³/mol. The van der Waals surface area contributed by atoms with Gasteiger partial charge in [0.05, 0.1) is 17.1 Å². The minimum absolute atomic E-state index is 0.0875. The van der Waals surface area contributed by atoms with Crippen LogP contribution in [0.1, 0.15) is 26.5 Å². The van der Waals surface area contributed by atoms with E-state index < -0.39 is 0 Å². The molecule has 3 aromatic rings. The molecule has 0 saturated heterocycles. The fraction of sp³-hybridized carbons (Fsp3) is 0.316. The number of aryl methyl sites for hydroxylation is 1. The average Bonchev–Trinajstić information content (AvgIpc) is 3.20. The Labute approximate surface area is 157 Å². The SMILES string of the molecule is Cn1ccnc1SCC(=O)Nc1cc(C(C)(C)C)nn1-c1ccccc1. The van der Waals surface area contributed by atoms with Crippen molar-refractivity contribution in [2.24, 2.45) is 7.05 Å². The maximum absolute atomic E-state index is 12.5. The summed E-state index contributed by atoms with van der Waals surface area (Å²) < 4.78 is 3.67. The smallest absolute Gasteiger partial charge is 0.236 e. The van der Waals surface area contributed by atoms with Crippen molar-refractivity contribution in [2.45, 2.75) is 31.3 Å². The van der Waals surface area contributed by atoms with E-state index in [1.165, 1.54) is 11.8 Å². The number of carbonyl (C=O) groups is 1. The summed E-state index contributed by atoms with van der Waals surface area (Å²) >= 11 is 1.41. The lowest BCUT2D eigenvalue weighted by Gasteiger charge is -2.14. The number of hydrogen-bond donors (Lipinski definition) is 1. The van der Waals surface area contributed by atoms with Gasteiger partial charge in [-0.05, 0) is 12.1 Å². The van der Waals surface area contributed by atoms with Crippen LogP contribution in [0.5, 0.6) is 0 Å². The van der Waals surface area contributed by atoms with E-state index in [0.29, 0.717) is 5.82 Å². The molecule has 0 aliphatic heterocycles. The van der Waals surface area contributed by atoms with Gasteiger partial charge < -0.3 is 9.88 Å². The fourth-order valence-electron chi connectivity index (χ4n) is 2.40. The molecule has 26 heavy (non-hydrogen) atoms. The van der Waals surface area contributed by atoms with E-state index >= 15 is 0 Å². The van der Waals surface area contributed by atoms with Gasteiger partial charge in [0.15, 0.2) is 5.16 Å². The summed E-state index contributed by atoms with van der Waals surface area (Å²) in [6.45, 7) is 6.31. The first-order valence-electron chi connectivity index (χ1n) is 8.40. The van der Waals surface area contributed by atoms with Crippen LogP contribution in [-0.4, -0.2) is 31.0 Å². The van der Waals surface area contributed by atoms with E-state index in [2.05, 4.69) is 31.1 Å². The van der Waals surface area contributed by atoms with Crippen LogP contribution in [0.25, 0.3) is 5.69 Å². The first-order valence-corrected chi connectivity index (χ1v) is 9.39. The zero-order valence-corrected chi connectivity index (χ0v) is 16.2. The third-order valence-electron chi connectivity index (χ3n) is 3.86. The Kier molecular flexibility index (Phi) is 5.18. The van der Waals surface area contributed by atoms with Crippen molar-refractivity contribution in [3.05, 3.63) is 54.5 Å². The zero-order valence-electron chi connectivity index (χ0n) is 15.4. The van der Waals surface area contributed by atoms with Gasteiger partial charge in [0.1, 0.15) is 5.82 Å². The van der Waals surface area contributed by atoms with Crippen molar-refractivity contribution in [1.82, 2.24) is 19.3 Å². The molecule has 0 radical (unpaired) electrons. The Morgan fingerprint density at radius 1 is 1.23 bits per heavy atom. The largest absolute Gasteiger partial charge is 0.329 e. The second-order valence-corrected chi connectivity index (χ2v) is 8.01. The van der Waals surface area contributed by atoms with Gasteiger partial charge in [-0.3, -0.25) is 4.79 Å². The Morgan fingerprint density at radius 3 is 2.58 bits per heavy atom. The molecule has 0 unspecified atom stereocenters. The van der Waals surface area contributed by atoms with Gasteiger partial charge >= 0.3 is 0 Å². The van der Waals surface area contributed by atoms with Gasteiger partial charge in [-0.15, -0.1) is 0 Å². The topological polar surface area (TPSA) is 64.7 Å². The van der Waals surface area contributed by atoms with E-state index in [4.69, 9.17) is 5.10 Å². The van der Waals surface area contributed by atoms with Crippen molar-refractivity contribution in [2.75, 3.05) is 11.1 Å². The van der Waals surface area contributed by atoms with Gasteiger partial charge in [-0.2, -0.15) is 5.10 Å². The Morgan fingerprint density at radius 2 is 1.96 bits per heavy atom. The highest BCUT2D eigenvalue weighted by atomic mass is 32.2. The summed E-state index contributed by atoms with van der Waals surface area (Å²) in [5.74, 6) is 0.873. The number of amides is 1. The Balaban J connectivity index is 1.80. The molecule has 0 spiro atoms. The average molecular weight is 369 g/mol. The van der Waals surface area contributed by atoms with Crippen LogP contribution < -0.4 is 5.32 Å². The number of hydrogen-bond acceptors (Lipinski definition) is 4. The second-order valence-electron chi connectivity index (χ2n) is 7.07. The van der Waals surface area contributed by atoms with Gasteiger partial charge in [0.25, 0.3) is 0 Å². The summed E-state index contributed by atoms with van der Waals surface area (Å²) in [4.78, 5) is 16.7. The molecule has 0 fully saturated rings. The number of carbonyl (C=O) groups excluding carboxylic acids is 1. The first-order chi connectivity index (χ1) is 12.3. The van der Waals surface area contributed by atoms with E-state index in [1.807, 2.05) is 54.2 Å². The number of anilines is 1. The van der Waals surface area contributed by atoms with Gasteiger partial charge in [0, 0.05) is 30.9 Å². The number of benzene rings is 1. The molecular formula is C19H23N5OS. The molecule has 0 atom stereocenters. The van der Waals surface area contributed by atoms with Crippen LogP contribution in [0.3, 0.4) is 0 Å². The molecule has 0 aliphatic rings. The number of rotatable bonds is 5. The monoisotopic (exact) mass is 369 g/mol. The van der Waals surface area contributed by atoms with Crippen LogP contribution in [0.4, 0.5) is 5.82 Å². The molecule has 1 amide bonds. The minimum Gasteiger partial charge on any atom is -0.329 e. The van der Waals surface area contributed by atoms with E-state index in [-0.39, 0.29) is 17.1 Å². The van der Waals surface area contributed by atoms with Crippen molar-refractivity contribution in [3.8, 4) is 5.69 Å². The molecule has 6 nitrogen and oxygen atoms in total. The maximum atomic E-state index is 12.5. The summed E-state index contributed by atoms with van der Waals surface area (Å²) in [7, 11) is 1.91. The van der Waals surface area contributed by atoms with Crippen molar-refractivity contribution < 1.29 is 4.79 Å². The van der Waals surface area contributed by atoms with Crippen LogP contribution in [0, 0.1) is 0 Å². The third kappa shape index (κ3) is 4.16. The molecule has 3 rings (SSSR count). The first kappa shape index (κ1) is 18.3. The quantitative estimate of drug-likeness (QED) is 0.698. The van der Waals surface area contributed by atoms with Crippen LogP contribution in [-0.2, 0) is 17.3 Å². The summed E-state index contributed by atoms with van der Waals surface area (Å²) in [6.07, 6.45) is 3.58. The molecule has 1 aromatic carbocycles. The molecule has 0 aliphatic carbocycles. The highest BCUT2D eigenvalue weighted by Crippen LogP contribution is 2.26. The fourth-order valence-corrected chi connectivity index (χ4v) is 3.13. The standard InChI is InChI=1S/C19H23N5OS/c1-19(2,3)15-12-16(24(22-15)14-8-6-5-7-9-14)21-17(25)13-26-18-20-10-11-23(18)4/h5-12H,13H2,1-4H3,(H,21,25). The number of nitrogens with zero attached hydrogens (tertiary/aromatic N) is 4. The number of nitrogens with one attached hydrogen (secondary N) is 1. The van der Waals surface area contributed by atoms with Crippen molar-refractivity contribution in [1.29, 1.82) is 0 Å². The highest BCUT2D eigenvalue weighted by molar-refractivity contribution is 7.99. The lowest BCUT2D eigenvalue weighted by Crippen LogP contribution is -2.17. The third-order valence-corrected chi connectivity index (χ3v) is 4.91. The zero-order chi connectivity index (χ0) is 18.7. The van der Waals surface area contributed by atoms with Crippen LogP contribution >= 0.6 is 11.8 Å². The molecule has 2 aromatic heterocycles. The number of para-hydroxylation sites is 1. The maximum Gasteiger partial charge on any atom is 0.236 e. The van der Waals surface area contributed by atoms with Crippen LogP contribution in [0.15, 0.2) is 53.9 Å². The van der Waals surface area contributed by atoms with Gasteiger partial charge in [-0.1, -0.05) is 50.7 Å². The molecule has 7 heteroatoms. The Hall–Kier alpha value is -2.54. The molecule has 0 saturated carbocycles. The van der Waals surface area contributed by atoms with Gasteiger partial charge in [0.2, 0.25) is 5.91 Å². The molecule has 0 bridgehead atoms. The van der Waals surface area contributed by atoms with Crippen LogP contribution in [0.2, 0.25) is 0 Å². The highest BCUT2D eigenvalue weighted by Gasteiger charge is 2.21. The lowest BCUT2D eigenvalue weighted by atomic mass is 9.92. The van der Waals surface area contributed by atoms with Crippen molar-refractivity contribution in [3.63, 3.8) is 0 Å². The molecular weight excluding hydrogens is 346 g/mol. The lowest BCUT2D eigenvalue weighted by molar-refractivity contribution is -0.113. The van der Waals surface area contributed by atoms with Crippen molar-refractivity contribution >= 4 is 23.5 Å². The number of aromatic nitrogens is 4. The minimum atomic E-state index is -0.110. The molecule has 1 N–H and O–H groups in total. The van der Waals surface area contributed by atoms with E-state index in [1.54, 1.807) is 10.9 Å². The van der Waals surface area contributed by atoms with E-state index in [0.717, 1.165) is 16.5 Å². The molecule has 2 heterocycles. The van der Waals surface area contributed by atoms with Gasteiger partial charge in [-0.25, -0.2) is 9.67 Å². The number of thioether (sulfide) groups is 1.